The molecule has 10 nitrogen and oxygen atoms in total. The molecule has 1 amide bonds. The number of aliphatic hydroxyl groups excluding tert-OH is 1. The number of aromatic nitrogens is 2. The van der Waals surface area contributed by atoms with Gasteiger partial charge in [0.25, 0.3) is 11.5 Å². The molecule has 3 aromatic carbocycles. The van der Waals surface area contributed by atoms with Gasteiger partial charge in [-0.3, -0.25) is 24.6 Å². The fourth-order valence-corrected chi connectivity index (χ4v) is 6.45. The van der Waals surface area contributed by atoms with Crippen molar-refractivity contribution in [3.05, 3.63) is 110 Å². The highest BCUT2D eigenvalue weighted by Crippen LogP contribution is 2.44. The molecular formula is C28H21ClN4O6S2. The zero-order chi connectivity index (χ0) is 29.1. The van der Waals surface area contributed by atoms with Crippen molar-refractivity contribution in [3.8, 4) is 5.75 Å². The van der Waals surface area contributed by atoms with Gasteiger partial charge in [-0.15, -0.1) is 10.2 Å². The van der Waals surface area contributed by atoms with Crippen molar-refractivity contribution in [2.75, 3.05) is 11.5 Å². The minimum atomic E-state index is -1.18. The molecule has 1 N–H and O–H groups in total. The Kier molecular flexibility index (Phi) is 8.34. The van der Waals surface area contributed by atoms with E-state index in [2.05, 4.69) is 10.2 Å². The van der Waals surface area contributed by atoms with Gasteiger partial charge >= 0.3 is 5.91 Å². The largest absolute Gasteiger partial charge is 0.507 e. The van der Waals surface area contributed by atoms with Crippen LogP contribution in [0.1, 0.15) is 29.7 Å². The lowest BCUT2D eigenvalue weighted by atomic mass is 9.95. The van der Waals surface area contributed by atoms with Crippen LogP contribution in [0.25, 0.3) is 5.76 Å². The summed E-state index contributed by atoms with van der Waals surface area (Å²) in [6.45, 7) is 2.28. The summed E-state index contributed by atoms with van der Waals surface area (Å²) in [6.07, 6.45) is 0. The second kappa shape index (κ2) is 12.1. The molecule has 4 aromatic rings. The van der Waals surface area contributed by atoms with Crippen LogP contribution in [0.2, 0.25) is 5.02 Å². The number of thioether (sulfide) groups is 1. The number of benzene rings is 3. The van der Waals surface area contributed by atoms with Crippen LogP contribution in [0.3, 0.4) is 0 Å². The van der Waals surface area contributed by atoms with E-state index in [0.29, 0.717) is 27.5 Å². The highest BCUT2D eigenvalue weighted by Gasteiger charge is 2.48. The van der Waals surface area contributed by atoms with Crippen LogP contribution in [-0.4, -0.2) is 38.5 Å². The van der Waals surface area contributed by atoms with Gasteiger partial charge in [0, 0.05) is 28.5 Å². The van der Waals surface area contributed by atoms with Crippen LogP contribution in [0, 0.1) is 10.1 Å². The number of hydrogen-bond acceptors (Lipinski definition) is 10. The average Bonchev–Trinajstić information content (AvgIpc) is 3.54. The van der Waals surface area contributed by atoms with Gasteiger partial charge in [0.2, 0.25) is 5.13 Å². The molecule has 1 atom stereocenters. The SMILES string of the molecule is CCOc1ccc(/C(O)=C2/C(=O)C(=O)N(c3nnc(SCc4ccccc4Cl)s3)C2c2cccc([N+](=O)[O-])c2)cc1. The Morgan fingerprint density at radius 2 is 1.88 bits per heavy atom. The molecule has 1 fully saturated rings. The zero-order valence-electron chi connectivity index (χ0n) is 21.4. The first-order valence-electron chi connectivity index (χ1n) is 12.3. The smallest absolute Gasteiger partial charge is 0.301 e. The number of non-ortho nitro benzene ring substituents is 1. The molecule has 208 valence electrons. The van der Waals surface area contributed by atoms with Gasteiger partial charge in [0.05, 0.1) is 23.1 Å². The van der Waals surface area contributed by atoms with Crippen molar-refractivity contribution in [3.63, 3.8) is 0 Å². The van der Waals surface area contributed by atoms with Gasteiger partial charge in [-0.1, -0.05) is 65.0 Å². The van der Waals surface area contributed by atoms with Crippen LogP contribution in [-0.2, 0) is 15.3 Å². The molecule has 0 radical (unpaired) electrons. The number of amides is 1. The van der Waals surface area contributed by atoms with Crippen LogP contribution in [0.4, 0.5) is 10.8 Å². The maximum atomic E-state index is 13.4. The van der Waals surface area contributed by atoms with Crippen molar-refractivity contribution >= 4 is 63.0 Å². The molecule has 1 aliphatic heterocycles. The van der Waals surface area contributed by atoms with E-state index in [1.54, 1.807) is 36.4 Å². The molecule has 13 heteroatoms. The molecule has 1 saturated heterocycles. The molecule has 0 saturated carbocycles. The van der Waals surface area contributed by atoms with Crippen LogP contribution < -0.4 is 9.64 Å². The summed E-state index contributed by atoms with van der Waals surface area (Å²) in [5.74, 6) is -1.25. The summed E-state index contributed by atoms with van der Waals surface area (Å²) < 4.78 is 5.97. The first-order chi connectivity index (χ1) is 19.8. The molecule has 1 aliphatic rings. The normalized spacial score (nSPS) is 16.2. The number of aliphatic hydroxyl groups is 1. The summed E-state index contributed by atoms with van der Waals surface area (Å²) in [5.41, 5.74) is 0.965. The maximum absolute atomic E-state index is 13.4. The summed E-state index contributed by atoms with van der Waals surface area (Å²) in [4.78, 5) is 38.9. The fraction of sp³-hybridized carbons (Fsp3) is 0.143. The lowest BCUT2D eigenvalue weighted by Gasteiger charge is -2.22. The molecular weight excluding hydrogens is 588 g/mol. The Bertz CT molecular complexity index is 1670. The third-order valence-electron chi connectivity index (χ3n) is 6.19. The standard InChI is InChI=1S/C28H21ClN4O6S2/c1-2-39-20-12-10-16(11-13-20)24(34)22-23(17-7-5-8-19(14-17)33(37)38)32(26(36)25(22)35)27-30-31-28(41-27)40-15-18-6-3-4-9-21(18)29/h3-14,23,34H,2,15H2,1H3/b24-22-. The van der Waals surface area contributed by atoms with Crippen molar-refractivity contribution in [2.45, 2.75) is 23.1 Å². The second-order valence-electron chi connectivity index (χ2n) is 8.71. The topological polar surface area (TPSA) is 136 Å². The van der Waals surface area contributed by atoms with Crippen molar-refractivity contribution in [1.82, 2.24) is 10.2 Å². The number of nitro groups is 1. The number of rotatable bonds is 9. The summed E-state index contributed by atoms with van der Waals surface area (Å²) in [6, 6.07) is 18.1. The zero-order valence-corrected chi connectivity index (χ0v) is 23.8. The molecule has 2 heterocycles. The Morgan fingerprint density at radius 3 is 2.59 bits per heavy atom. The highest BCUT2D eigenvalue weighted by molar-refractivity contribution is 8.00. The number of carbonyl (C=O) groups excluding carboxylic acids is 2. The number of hydrogen-bond donors (Lipinski definition) is 1. The first kappa shape index (κ1) is 28.3. The number of anilines is 1. The van der Waals surface area contributed by atoms with Crippen LogP contribution in [0.15, 0.2) is 82.7 Å². The Hall–Kier alpha value is -4.26. The third kappa shape index (κ3) is 5.80. The average molecular weight is 609 g/mol. The van der Waals surface area contributed by atoms with Crippen LogP contribution in [0.5, 0.6) is 5.75 Å². The number of nitro benzene ring substituents is 1. The van der Waals surface area contributed by atoms with Gasteiger partial charge in [0.15, 0.2) is 4.34 Å². The van der Waals surface area contributed by atoms with E-state index in [4.69, 9.17) is 16.3 Å². The lowest BCUT2D eigenvalue weighted by Crippen LogP contribution is -2.29. The summed E-state index contributed by atoms with van der Waals surface area (Å²) in [5, 5.41) is 31.9. The minimum Gasteiger partial charge on any atom is -0.507 e. The Morgan fingerprint density at radius 1 is 1.12 bits per heavy atom. The summed E-state index contributed by atoms with van der Waals surface area (Å²) in [7, 11) is 0. The van der Waals surface area contributed by atoms with Crippen molar-refractivity contribution in [1.29, 1.82) is 0 Å². The molecule has 41 heavy (non-hydrogen) atoms. The molecule has 0 bridgehead atoms. The third-order valence-corrected chi connectivity index (χ3v) is 8.66. The molecule has 0 spiro atoms. The van der Waals surface area contributed by atoms with E-state index in [9.17, 15) is 24.8 Å². The number of nitrogens with zero attached hydrogens (tertiary/aromatic N) is 4. The quantitative estimate of drug-likeness (QED) is 0.0434. The Labute approximate surface area is 247 Å². The fourth-order valence-electron chi connectivity index (χ4n) is 4.30. The second-order valence-corrected chi connectivity index (χ2v) is 11.3. The van der Waals surface area contributed by atoms with Gasteiger partial charge in [-0.05, 0) is 48.4 Å². The highest BCUT2D eigenvalue weighted by atomic mass is 35.5. The molecule has 1 unspecified atom stereocenters. The van der Waals surface area contributed by atoms with E-state index >= 15 is 0 Å². The number of ketones is 1. The predicted octanol–water partition coefficient (Wildman–Crippen LogP) is 6.42. The number of ether oxygens (including phenoxy) is 1. The van der Waals surface area contributed by atoms with E-state index < -0.39 is 28.4 Å². The van der Waals surface area contributed by atoms with Gasteiger partial charge < -0.3 is 9.84 Å². The molecule has 1 aromatic heterocycles. The van der Waals surface area contributed by atoms with E-state index in [-0.39, 0.29) is 27.5 Å². The number of Topliss-reactive ketones (excluding diaryl/α,β-unsaturated/α-hetero) is 1. The number of carbonyl (C=O) groups is 2. The maximum Gasteiger partial charge on any atom is 0.301 e. The Balaban J connectivity index is 1.56. The van der Waals surface area contributed by atoms with Crippen molar-refractivity contribution < 1.29 is 24.4 Å². The van der Waals surface area contributed by atoms with Crippen molar-refractivity contribution in [2.24, 2.45) is 0 Å². The van der Waals surface area contributed by atoms with E-state index in [0.717, 1.165) is 21.8 Å². The predicted molar refractivity (Wildman–Crippen MR) is 156 cm³/mol. The summed E-state index contributed by atoms with van der Waals surface area (Å²) >= 11 is 8.70. The lowest BCUT2D eigenvalue weighted by molar-refractivity contribution is -0.384. The number of halogens is 1. The van der Waals surface area contributed by atoms with Gasteiger partial charge in [-0.25, -0.2) is 0 Å². The first-order valence-corrected chi connectivity index (χ1v) is 14.4. The minimum absolute atomic E-state index is 0.107. The van der Waals surface area contributed by atoms with E-state index in [1.165, 1.54) is 30.0 Å². The van der Waals surface area contributed by atoms with Gasteiger partial charge in [-0.2, -0.15) is 0 Å². The molecule has 5 rings (SSSR count). The molecule has 0 aliphatic carbocycles. The van der Waals surface area contributed by atoms with E-state index in [1.807, 2.05) is 25.1 Å². The van der Waals surface area contributed by atoms with Crippen LogP contribution >= 0.6 is 34.7 Å². The van der Waals surface area contributed by atoms with Gasteiger partial charge in [0.1, 0.15) is 11.5 Å². The monoisotopic (exact) mass is 608 g/mol.